The molecule has 2 rings (SSSR count). The summed E-state index contributed by atoms with van der Waals surface area (Å²) in [6, 6.07) is 3.27. The smallest absolute Gasteiger partial charge is 0.126 e. The maximum absolute atomic E-state index is 13.8. The van der Waals surface area contributed by atoms with E-state index in [0.717, 1.165) is 18.8 Å². The molecule has 1 aliphatic heterocycles. The van der Waals surface area contributed by atoms with E-state index >= 15 is 0 Å². The number of nitrogens with zero attached hydrogens (tertiary/aromatic N) is 1. The van der Waals surface area contributed by atoms with E-state index in [2.05, 4.69) is 4.90 Å². The number of benzene rings is 1. The molecule has 0 amide bonds. The Morgan fingerprint density at radius 2 is 2.10 bits per heavy atom. The number of ether oxygens (including phenoxy) is 1. The molecule has 1 aromatic rings. The SMILES string of the molecule is Cc1cc(N2CC(C)OC(C)(C)C2)c([C@H](C)O)cc1F. The van der Waals surface area contributed by atoms with Crippen LogP contribution in [-0.4, -0.2) is 29.9 Å². The van der Waals surface area contributed by atoms with Gasteiger partial charge in [0.25, 0.3) is 0 Å². The Hall–Kier alpha value is -1.13. The van der Waals surface area contributed by atoms with Gasteiger partial charge in [0.1, 0.15) is 5.82 Å². The quantitative estimate of drug-likeness (QED) is 0.903. The Labute approximate surface area is 120 Å². The molecule has 0 spiro atoms. The van der Waals surface area contributed by atoms with Crippen LogP contribution in [0.15, 0.2) is 12.1 Å². The van der Waals surface area contributed by atoms with Gasteiger partial charge in [-0.25, -0.2) is 4.39 Å². The Balaban J connectivity index is 2.43. The summed E-state index contributed by atoms with van der Waals surface area (Å²) in [5.41, 5.74) is 1.89. The Morgan fingerprint density at radius 1 is 1.45 bits per heavy atom. The van der Waals surface area contributed by atoms with E-state index in [-0.39, 0.29) is 17.5 Å². The minimum absolute atomic E-state index is 0.103. The fourth-order valence-corrected chi connectivity index (χ4v) is 2.93. The first kappa shape index (κ1) is 15.3. The molecule has 1 heterocycles. The molecule has 0 bridgehead atoms. The summed E-state index contributed by atoms with van der Waals surface area (Å²) >= 11 is 0. The van der Waals surface area contributed by atoms with Crippen molar-refractivity contribution in [2.45, 2.75) is 52.4 Å². The summed E-state index contributed by atoms with van der Waals surface area (Å²) < 4.78 is 19.7. The minimum Gasteiger partial charge on any atom is -0.389 e. The van der Waals surface area contributed by atoms with Crippen LogP contribution in [0.3, 0.4) is 0 Å². The van der Waals surface area contributed by atoms with Crippen LogP contribution in [0.4, 0.5) is 10.1 Å². The van der Waals surface area contributed by atoms with E-state index in [1.165, 1.54) is 6.07 Å². The van der Waals surface area contributed by atoms with E-state index in [0.29, 0.717) is 11.1 Å². The number of hydrogen-bond donors (Lipinski definition) is 1. The molecule has 1 aromatic carbocycles. The summed E-state index contributed by atoms with van der Waals surface area (Å²) in [6.07, 6.45) is -0.590. The van der Waals surface area contributed by atoms with Gasteiger partial charge in [0, 0.05) is 24.3 Å². The number of aliphatic hydroxyl groups excluding tert-OH is 1. The lowest BCUT2D eigenvalue weighted by Gasteiger charge is -2.43. The van der Waals surface area contributed by atoms with Crippen LogP contribution in [0.1, 0.15) is 44.9 Å². The number of morpholine rings is 1. The average molecular weight is 281 g/mol. The minimum atomic E-state index is -0.693. The molecular weight excluding hydrogens is 257 g/mol. The molecule has 4 heteroatoms. The van der Waals surface area contributed by atoms with E-state index < -0.39 is 6.10 Å². The lowest BCUT2D eigenvalue weighted by Crippen LogP contribution is -2.52. The zero-order valence-corrected chi connectivity index (χ0v) is 12.9. The highest BCUT2D eigenvalue weighted by Crippen LogP contribution is 2.33. The average Bonchev–Trinajstić information content (AvgIpc) is 2.29. The topological polar surface area (TPSA) is 32.7 Å². The Morgan fingerprint density at radius 3 is 2.65 bits per heavy atom. The van der Waals surface area contributed by atoms with Gasteiger partial charge in [-0.05, 0) is 52.3 Å². The number of rotatable bonds is 2. The van der Waals surface area contributed by atoms with Crippen molar-refractivity contribution in [1.29, 1.82) is 0 Å². The third kappa shape index (κ3) is 3.13. The van der Waals surface area contributed by atoms with Crippen molar-refractivity contribution >= 4 is 5.69 Å². The number of aryl methyl sites for hydroxylation is 1. The molecule has 1 fully saturated rings. The van der Waals surface area contributed by atoms with E-state index in [1.54, 1.807) is 13.8 Å². The Bertz CT molecular complexity index is 499. The normalized spacial score (nSPS) is 23.8. The summed E-state index contributed by atoms with van der Waals surface area (Å²) in [5.74, 6) is -0.273. The molecule has 0 saturated carbocycles. The number of aliphatic hydroxyl groups is 1. The monoisotopic (exact) mass is 281 g/mol. The number of hydrogen-bond acceptors (Lipinski definition) is 3. The van der Waals surface area contributed by atoms with Gasteiger partial charge in [0.2, 0.25) is 0 Å². The van der Waals surface area contributed by atoms with Crippen LogP contribution in [0.25, 0.3) is 0 Å². The van der Waals surface area contributed by atoms with Crippen LogP contribution < -0.4 is 4.90 Å². The first-order valence-electron chi connectivity index (χ1n) is 7.10. The van der Waals surface area contributed by atoms with Crippen molar-refractivity contribution in [3.8, 4) is 0 Å². The highest BCUT2D eigenvalue weighted by Gasteiger charge is 2.32. The van der Waals surface area contributed by atoms with Crippen molar-refractivity contribution in [3.63, 3.8) is 0 Å². The van der Waals surface area contributed by atoms with Crippen molar-refractivity contribution < 1.29 is 14.2 Å². The third-order valence-electron chi connectivity index (χ3n) is 3.67. The number of halogens is 1. The highest BCUT2D eigenvalue weighted by molar-refractivity contribution is 5.57. The first-order valence-corrected chi connectivity index (χ1v) is 7.10. The van der Waals surface area contributed by atoms with Gasteiger partial charge in [0.05, 0.1) is 17.8 Å². The van der Waals surface area contributed by atoms with E-state index in [9.17, 15) is 9.50 Å². The van der Waals surface area contributed by atoms with Gasteiger partial charge in [-0.2, -0.15) is 0 Å². The predicted molar refractivity (Wildman–Crippen MR) is 78.6 cm³/mol. The van der Waals surface area contributed by atoms with Crippen LogP contribution in [-0.2, 0) is 4.74 Å². The standard InChI is InChI=1S/C16H24FNO2/c1-10-6-15(13(12(3)19)7-14(10)17)18-8-11(2)20-16(4,5)9-18/h6-7,11-12,19H,8-9H2,1-5H3/t11?,12-/m0/s1. The number of anilines is 1. The van der Waals surface area contributed by atoms with Crippen LogP contribution in [0.2, 0.25) is 0 Å². The first-order chi connectivity index (χ1) is 9.19. The summed E-state index contributed by atoms with van der Waals surface area (Å²) in [4.78, 5) is 2.18. The summed E-state index contributed by atoms with van der Waals surface area (Å²) in [6.45, 7) is 11.0. The molecule has 2 atom stereocenters. The summed E-state index contributed by atoms with van der Waals surface area (Å²) in [7, 11) is 0. The molecule has 3 nitrogen and oxygen atoms in total. The maximum Gasteiger partial charge on any atom is 0.126 e. The maximum atomic E-state index is 13.8. The van der Waals surface area contributed by atoms with E-state index in [4.69, 9.17) is 4.74 Å². The van der Waals surface area contributed by atoms with Gasteiger partial charge in [-0.1, -0.05) is 0 Å². The third-order valence-corrected chi connectivity index (χ3v) is 3.67. The van der Waals surface area contributed by atoms with E-state index in [1.807, 2.05) is 26.8 Å². The fraction of sp³-hybridized carbons (Fsp3) is 0.625. The molecule has 1 saturated heterocycles. The lowest BCUT2D eigenvalue weighted by atomic mass is 10.00. The second-order valence-corrected chi connectivity index (χ2v) is 6.40. The van der Waals surface area contributed by atoms with Crippen LogP contribution in [0, 0.1) is 12.7 Å². The van der Waals surface area contributed by atoms with Gasteiger partial charge in [-0.3, -0.25) is 0 Å². The Kier molecular flexibility index (Phi) is 4.07. The van der Waals surface area contributed by atoms with Gasteiger partial charge < -0.3 is 14.7 Å². The van der Waals surface area contributed by atoms with Crippen molar-refractivity contribution in [3.05, 3.63) is 29.1 Å². The zero-order chi connectivity index (χ0) is 15.1. The van der Waals surface area contributed by atoms with Crippen LogP contribution in [0.5, 0.6) is 0 Å². The predicted octanol–water partition coefficient (Wildman–Crippen LogP) is 3.19. The molecular formula is C16H24FNO2. The molecule has 20 heavy (non-hydrogen) atoms. The molecule has 112 valence electrons. The van der Waals surface area contributed by atoms with Crippen molar-refractivity contribution in [1.82, 2.24) is 0 Å². The fourth-order valence-electron chi connectivity index (χ4n) is 2.93. The summed E-state index contributed by atoms with van der Waals surface area (Å²) in [5, 5.41) is 9.92. The molecule has 1 N–H and O–H groups in total. The zero-order valence-electron chi connectivity index (χ0n) is 12.9. The largest absolute Gasteiger partial charge is 0.389 e. The van der Waals surface area contributed by atoms with Crippen molar-refractivity contribution in [2.75, 3.05) is 18.0 Å². The van der Waals surface area contributed by atoms with Gasteiger partial charge >= 0.3 is 0 Å². The lowest BCUT2D eigenvalue weighted by molar-refractivity contribution is -0.0750. The van der Waals surface area contributed by atoms with Gasteiger partial charge in [0.15, 0.2) is 0 Å². The second kappa shape index (κ2) is 5.34. The van der Waals surface area contributed by atoms with Crippen LogP contribution >= 0.6 is 0 Å². The van der Waals surface area contributed by atoms with Gasteiger partial charge in [-0.15, -0.1) is 0 Å². The highest BCUT2D eigenvalue weighted by atomic mass is 19.1. The second-order valence-electron chi connectivity index (χ2n) is 6.40. The molecule has 0 aliphatic carbocycles. The van der Waals surface area contributed by atoms with Crippen molar-refractivity contribution in [2.24, 2.45) is 0 Å². The molecule has 0 aromatic heterocycles. The molecule has 1 unspecified atom stereocenters. The molecule has 1 aliphatic rings. The molecule has 0 radical (unpaired) electrons.